The van der Waals surface area contributed by atoms with E-state index in [0.29, 0.717) is 12.2 Å². The molecular weight excluding hydrogens is 352 g/mol. The highest BCUT2D eigenvalue weighted by molar-refractivity contribution is 9.11. The van der Waals surface area contributed by atoms with Gasteiger partial charge in [0, 0.05) is 0 Å². The summed E-state index contributed by atoms with van der Waals surface area (Å²) < 4.78 is 2.48. The molecule has 2 aromatic rings. The third-order valence-corrected chi connectivity index (χ3v) is 4.90. The van der Waals surface area contributed by atoms with Crippen molar-refractivity contribution in [2.75, 3.05) is 7.05 Å². The molecule has 2 rings (SSSR count). The number of rotatable bonds is 4. The van der Waals surface area contributed by atoms with Crippen molar-refractivity contribution in [1.29, 1.82) is 5.26 Å². The zero-order valence-electron chi connectivity index (χ0n) is 12.1. The fraction of sp³-hybridized carbons (Fsp3) is 0.357. The van der Waals surface area contributed by atoms with Gasteiger partial charge in [0.2, 0.25) is 0 Å². The van der Waals surface area contributed by atoms with Crippen molar-refractivity contribution in [3.8, 4) is 6.07 Å². The molecule has 0 bridgehead atoms. The number of nitrogens with zero attached hydrogens (tertiary/aromatic N) is 3. The normalized spacial score (nSPS) is 12.1. The summed E-state index contributed by atoms with van der Waals surface area (Å²) in [5.41, 5.74) is 1.26. The summed E-state index contributed by atoms with van der Waals surface area (Å²) in [7, 11) is 2.00. The highest BCUT2D eigenvalue weighted by Gasteiger charge is 2.14. The van der Waals surface area contributed by atoms with Crippen LogP contribution < -0.4 is 10.5 Å². The summed E-state index contributed by atoms with van der Waals surface area (Å²) >= 11 is 5.12. The van der Waals surface area contributed by atoms with Gasteiger partial charge in [-0.2, -0.15) is 15.0 Å². The van der Waals surface area contributed by atoms with Crippen molar-refractivity contribution in [3.63, 3.8) is 0 Å². The van der Waals surface area contributed by atoms with Gasteiger partial charge in [-0.1, -0.05) is 0 Å². The van der Waals surface area contributed by atoms with Crippen LogP contribution in [-0.2, 0) is 13.2 Å². The summed E-state index contributed by atoms with van der Waals surface area (Å²) in [4.78, 5) is 14.6. The largest absolute Gasteiger partial charge is 0.314 e. The summed E-state index contributed by atoms with van der Waals surface area (Å²) in [6.07, 6.45) is 0. The number of nitriles is 1. The maximum atomic E-state index is 12.2. The molecular formula is C14H16BrN4OS+. The van der Waals surface area contributed by atoms with E-state index in [2.05, 4.69) is 27.1 Å². The van der Waals surface area contributed by atoms with Crippen LogP contribution in [0.1, 0.15) is 21.7 Å². The molecule has 0 aliphatic carbocycles. The summed E-state index contributed by atoms with van der Waals surface area (Å²) in [5.74, 6) is 0. The van der Waals surface area contributed by atoms with Gasteiger partial charge < -0.3 is 4.90 Å². The van der Waals surface area contributed by atoms with Gasteiger partial charge >= 0.3 is 0 Å². The first-order valence-electron chi connectivity index (χ1n) is 6.46. The Morgan fingerprint density at radius 1 is 1.48 bits per heavy atom. The summed E-state index contributed by atoms with van der Waals surface area (Å²) in [6, 6.07) is 6.06. The van der Waals surface area contributed by atoms with E-state index in [0.717, 1.165) is 20.9 Å². The lowest BCUT2D eigenvalue weighted by atomic mass is 10.1. The Morgan fingerprint density at radius 3 is 2.76 bits per heavy atom. The standard InChI is InChI=1S/C14H15BrN4OS/c1-9-10(2)17-19(14(20)12(9)6-16)8-18(3)7-11-4-5-13(15)21-11/h4-5H,7-8H2,1-3H3/p+1. The summed E-state index contributed by atoms with van der Waals surface area (Å²) in [6.45, 7) is 4.81. The number of aromatic nitrogens is 2. The molecule has 5 nitrogen and oxygen atoms in total. The Kier molecular flexibility index (Phi) is 4.93. The van der Waals surface area contributed by atoms with Gasteiger partial charge in [0.1, 0.15) is 18.2 Å². The van der Waals surface area contributed by atoms with Crippen LogP contribution in [0, 0.1) is 25.2 Å². The molecule has 7 heteroatoms. The molecule has 1 atom stereocenters. The molecule has 2 heterocycles. The lowest BCUT2D eigenvalue weighted by Crippen LogP contribution is -3.07. The molecule has 21 heavy (non-hydrogen) atoms. The van der Waals surface area contributed by atoms with Gasteiger partial charge in [-0.05, 0) is 47.5 Å². The number of aryl methyl sites for hydroxylation is 1. The van der Waals surface area contributed by atoms with Gasteiger partial charge in [0.05, 0.1) is 21.4 Å². The molecule has 0 amide bonds. The second-order valence-corrected chi connectivity index (χ2v) is 7.55. The van der Waals surface area contributed by atoms with Crippen LogP contribution in [0.2, 0.25) is 0 Å². The molecule has 110 valence electrons. The molecule has 0 aliphatic rings. The highest BCUT2D eigenvalue weighted by Crippen LogP contribution is 2.21. The van der Waals surface area contributed by atoms with Crippen LogP contribution in [0.25, 0.3) is 0 Å². The molecule has 0 saturated carbocycles. The van der Waals surface area contributed by atoms with Crippen LogP contribution in [-0.4, -0.2) is 16.8 Å². The minimum absolute atomic E-state index is 0.189. The van der Waals surface area contributed by atoms with Gasteiger partial charge in [-0.3, -0.25) is 4.79 Å². The second kappa shape index (κ2) is 6.52. The van der Waals surface area contributed by atoms with Crippen molar-refractivity contribution in [2.24, 2.45) is 0 Å². The van der Waals surface area contributed by atoms with Crippen molar-refractivity contribution < 1.29 is 4.90 Å². The first kappa shape index (κ1) is 15.9. The number of quaternary nitrogens is 1. The Labute approximate surface area is 135 Å². The monoisotopic (exact) mass is 367 g/mol. The van der Waals surface area contributed by atoms with Gasteiger partial charge in [0.15, 0.2) is 6.67 Å². The fourth-order valence-corrected chi connectivity index (χ4v) is 3.66. The Balaban J connectivity index is 2.22. The van der Waals surface area contributed by atoms with Crippen molar-refractivity contribution in [2.45, 2.75) is 27.1 Å². The van der Waals surface area contributed by atoms with Gasteiger partial charge in [0.25, 0.3) is 5.56 Å². The Morgan fingerprint density at radius 2 is 2.19 bits per heavy atom. The molecule has 1 unspecified atom stereocenters. The number of thiophene rings is 1. The quantitative estimate of drug-likeness (QED) is 0.883. The van der Waals surface area contributed by atoms with E-state index in [9.17, 15) is 4.79 Å². The van der Waals surface area contributed by atoms with Gasteiger partial charge in [-0.25, -0.2) is 0 Å². The molecule has 0 saturated heterocycles. The average Bonchev–Trinajstić information content (AvgIpc) is 2.82. The maximum Gasteiger partial charge on any atom is 0.289 e. The van der Waals surface area contributed by atoms with E-state index in [1.165, 1.54) is 9.56 Å². The van der Waals surface area contributed by atoms with Crippen LogP contribution in [0.4, 0.5) is 0 Å². The lowest BCUT2D eigenvalue weighted by Gasteiger charge is -2.15. The van der Waals surface area contributed by atoms with Crippen molar-refractivity contribution in [1.82, 2.24) is 9.78 Å². The van der Waals surface area contributed by atoms with E-state index in [1.54, 1.807) is 18.3 Å². The van der Waals surface area contributed by atoms with Crippen LogP contribution in [0.3, 0.4) is 0 Å². The number of nitrogens with one attached hydrogen (secondary N) is 1. The van der Waals surface area contributed by atoms with Crippen LogP contribution >= 0.6 is 27.3 Å². The molecule has 1 N–H and O–H groups in total. The predicted octanol–water partition coefficient (Wildman–Crippen LogP) is 1.23. The Hall–Kier alpha value is -1.49. The molecule has 0 spiro atoms. The van der Waals surface area contributed by atoms with E-state index >= 15 is 0 Å². The number of hydrogen-bond acceptors (Lipinski definition) is 4. The number of hydrogen-bond donors (Lipinski definition) is 1. The first-order chi connectivity index (χ1) is 9.92. The predicted molar refractivity (Wildman–Crippen MR) is 85.3 cm³/mol. The lowest BCUT2D eigenvalue weighted by molar-refractivity contribution is -0.917. The average molecular weight is 368 g/mol. The smallest absolute Gasteiger partial charge is 0.289 e. The summed E-state index contributed by atoms with van der Waals surface area (Å²) in [5, 5.41) is 13.4. The zero-order chi connectivity index (χ0) is 15.6. The maximum absolute atomic E-state index is 12.2. The van der Waals surface area contributed by atoms with E-state index in [-0.39, 0.29) is 11.1 Å². The van der Waals surface area contributed by atoms with E-state index < -0.39 is 0 Å². The van der Waals surface area contributed by atoms with Crippen LogP contribution in [0.15, 0.2) is 20.7 Å². The molecule has 0 radical (unpaired) electrons. The van der Waals surface area contributed by atoms with E-state index in [1.807, 2.05) is 26.1 Å². The zero-order valence-corrected chi connectivity index (χ0v) is 14.5. The highest BCUT2D eigenvalue weighted by atomic mass is 79.9. The fourth-order valence-electron chi connectivity index (χ4n) is 2.07. The van der Waals surface area contributed by atoms with Crippen molar-refractivity contribution >= 4 is 27.3 Å². The van der Waals surface area contributed by atoms with Crippen LogP contribution in [0.5, 0.6) is 0 Å². The second-order valence-electron chi connectivity index (χ2n) is 5.00. The first-order valence-corrected chi connectivity index (χ1v) is 8.07. The Bertz CT molecular complexity index is 759. The number of halogens is 1. The molecule has 2 aromatic heterocycles. The topological polar surface area (TPSA) is 63.1 Å². The molecule has 0 fully saturated rings. The minimum atomic E-state index is -0.313. The molecule has 0 aliphatic heterocycles. The van der Waals surface area contributed by atoms with Gasteiger partial charge in [-0.15, -0.1) is 11.3 Å². The minimum Gasteiger partial charge on any atom is -0.314 e. The van der Waals surface area contributed by atoms with E-state index in [4.69, 9.17) is 5.26 Å². The third-order valence-electron chi connectivity index (χ3n) is 3.27. The van der Waals surface area contributed by atoms with Crippen molar-refractivity contribution in [3.05, 3.63) is 48.0 Å². The molecule has 0 aromatic carbocycles. The third kappa shape index (κ3) is 3.59. The SMILES string of the molecule is Cc1nn(C[NH+](C)Cc2ccc(Br)s2)c(=O)c(C#N)c1C.